The van der Waals surface area contributed by atoms with E-state index in [4.69, 9.17) is 5.10 Å². The minimum Gasteiger partial charge on any atom is -0.355 e. The molecule has 4 rings (SSSR count). The fourth-order valence-electron chi connectivity index (χ4n) is 3.77. The zero-order valence-corrected chi connectivity index (χ0v) is 18.4. The van der Waals surface area contributed by atoms with Crippen LogP contribution in [0.1, 0.15) is 22.5 Å². The SMILES string of the molecule is Cc1ccccc1-n1nc(C)c(CN(C)c2cc(N3CCSCC3)ncn2)c1C. The van der Waals surface area contributed by atoms with Gasteiger partial charge in [-0.2, -0.15) is 16.9 Å². The lowest BCUT2D eigenvalue weighted by molar-refractivity contribution is 0.820. The van der Waals surface area contributed by atoms with Gasteiger partial charge < -0.3 is 9.80 Å². The summed E-state index contributed by atoms with van der Waals surface area (Å²) in [6.07, 6.45) is 1.68. The van der Waals surface area contributed by atoms with E-state index in [2.05, 4.69) is 82.6 Å². The monoisotopic (exact) mass is 408 g/mol. The van der Waals surface area contributed by atoms with Crippen LogP contribution in [-0.2, 0) is 6.54 Å². The molecule has 0 bridgehead atoms. The summed E-state index contributed by atoms with van der Waals surface area (Å²) in [5.74, 6) is 4.28. The van der Waals surface area contributed by atoms with Gasteiger partial charge in [-0.05, 0) is 32.4 Å². The third-order valence-corrected chi connectivity index (χ3v) is 6.49. The van der Waals surface area contributed by atoms with Gasteiger partial charge >= 0.3 is 0 Å². The van der Waals surface area contributed by atoms with Gasteiger partial charge in [0.25, 0.3) is 0 Å². The molecule has 0 unspecified atom stereocenters. The van der Waals surface area contributed by atoms with Gasteiger partial charge in [0, 0.05) is 55.5 Å². The largest absolute Gasteiger partial charge is 0.355 e. The van der Waals surface area contributed by atoms with E-state index < -0.39 is 0 Å². The number of aromatic nitrogens is 4. The van der Waals surface area contributed by atoms with Crippen molar-refractivity contribution in [3.63, 3.8) is 0 Å². The van der Waals surface area contributed by atoms with Gasteiger partial charge in [-0.1, -0.05) is 18.2 Å². The molecule has 29 heavy (non-hydrogen) atoms. The van der Waals surface area contributed by atoms with Crippen LogP contribution in [0.2, 0.25) is 0 Å². The minimum atomic E-state index is 0.760. The number of hydrogen-bond donors (Lipinski definition) is 0. The molecule has 152 valence electrons. The average Bonchev–Trinajstić information content (AvgIpc) is 3.03. The van der Waals surface area contributed by atoms with Gasteiger partial charge in [-0.15, -0.1) is 0 Å². The summed E-state index contributed by atoms with van der Waals surface area (Å²) in [5, 5.41) is 4.83. The number of aryl methyl sites for hydroxylation is 2. The van der Waals surface area contributed by atoms with E-state index in [1.54, 1.807) is 6.33 Å². The molecule has 0 spiro atoms. The number of hydrogen-bond acceptors (Lipinski definition) is 6. The van der Waals surface area contributed by atoms with Crippen molar-refractivity contribution in [2.45, 2.75) is 27.3 Å². The van der Waals surface area contributed by atoms with Crippen LogP contribution in [0.25, 0.3) is 5.69 Å². The number of thioether (sulfide) groups is 1. The molecule has 1 fully saturated rings. The molecule has 3 heterocycles. The first kappa shape index (κ1) is 19.8. The minimum absolute atomic E-state index is 0.760. The molecular weight excluding hydrogens is 380 g/mol. The maximum absolute atomic E-state index is 4.83. The Kier molecular flexibility index (Phi) is 5.76. The molecule has 0 saturated carbocycles. The van der Waals surface area contributed by atoms with Gasteiger partial charge in [0.15, 0.2) is 0 Å². The topological polar surface area (TPSA) is 50.1 Å². The van der Waals surface area contributed by atoms with Crippen LogP contribution in [0.4, 0.5) is 11.6 Å². The highest BCUT2D eigenvalue weighted by Gasteiger charge is 2.18. The molecule has 0 N–H and O–H groups in total. The van der Waals surface area contributed by atoms with Crippen LogP contribution >= 0.6 is 11.8 Å². The second-order valence-corrected chi connectivity index (χ2v) is 8.76. The lowest BCUT2D eigenvalue weighted by Gasteiger charge is -2.28. The first-order chi connectivity index (χ1) is 14.0. The summed E-state index contributed by atoms with van der Waals surface area (Å²) in [4.78, 5) is 13.6. The van der Waals surface area contributed by atoms with Crippen LogP contribution in [-0.4, -0.2) is 51.4 Å². The third kappa shape index (κ3) is 4.10. The molecule has 6 nitrogen and oxygen atoms in total. The number of nitrogens with zero attached hydrogens (tertiary/aromatic N) is 6. The Morgan fingerprint density at radius 3 is 2.59 bits per heavy atom. The van der Waals surface area contributed by atoms with E-state index in [-0.39, 0.29) is 0 Å². The van der Waals surface area contributed by atoms with E-state index in [1.165, 1.54) is 16.8 Å². The molecule has 7 heteroatoms. The number of benzene rings is 1. The third-order valence-electron chi connectivity index (χ3n) is 5.54. The highest BCUT2D eigenvalue weighted by molar-refractivity contribution is 7.99. The van der Waals surface area contributed by atoms with E-state index in [1.807, 2.05) is 11.8 Å². The van der Waals surface area contributed by atoms with Crippen molar-refractivity contribution in [2.24, 2.45) is 0 Å². The van der Waals surface area contributed by atoms with E-state index >= 15 is 0 Å². The number of para-hydroxylation sites is 1. The summed E-state index contributed by atoms with van der Waals surface area (Å²) < 4.78 is 2.06. The number of anilines is 2. The molecule has 0 atom stereocenters. The van der Waals surface area contributed by atoms with Crippen molar-refractivity contribution in [3.8, 4) is 5.69 Å². The second-order valence-electron chi connectivity index (χ2n) is 7.54. The van der Waals surface area contributed by atoms with Crippen molar-refractivity contribution in [3.05, 3.63) is 59.2 Å². The Bertz CT molecular complexity index is 993. The molecule has 0 radical (unpaired) electrons. The van der Waals surface area contributed by atoms with E-state index in [0.717, 1.165) is 54.2 Å². The van der Waals surface area contributed by atoms with Crippen LogP contribution in [0.3, 0.4) is 0 Å². The van der Waals surface area contributed by atoms with E-state index in [9.17, 15) is 0 Å². The van der Waals surface area contributed by atoms with Crippen LogP contribution in [0, 0.1) is 20.8 Å². The molecule has 0 aliphatic carbocycles. The van der Waals surface area contributed by atoms with E-state index in [0.29, 0.717) is 0 Å². The van der Waals surface area contributed by atoms with Gasteiger partial charge in [0.1, 0.15) is 18.0 Å². The molecule has 3 aromatic rings. The maximum Gasteiger partial charge on any atom is 0.134 e. The highest BCUT2D eigenvalue weighted by Crippen LogP contribution is 2.24. The van der Waals surface area contributed by atoms with Gasteiger partial charge in [-0.3, -0.25) is 0 Å². The fraction of sp³-hybridized carbons (Fsp3) is 0.409. The van der Waals surface area contributed by atoms with Gasteiger partial charge in [-0.25, -0.2) is 14.6 Å². The smallest absolute Gasteiger partial charge is 0.134 e. The predicted octanol–water partition coefficient (Wildman–Crippen LogP) is 3.78. The van der Waals surface area contributed by atoms with Crippen LogP contribution < -0.4 is 9.80 Å². The molecule has 2 aromatic heterocycles. The molecule has 0 amide bonds. The summed E-state index contributed by atoms with van der Waals surface area (Å²) in [6.45, 7) is 9.21. The summed E-state index contributed by atoms with van der Waals surface area (Å²) >= 11 is 2.01. The lowest BCUT2D eigenvalue weighted by Crippen LogP contribution is -2.33. The number of rotatable bonds is 5. The second kappa shape index (κ2) is 8.45. The van der Waals surface area contributed by atoms with Crippen molar-refractivity contribution in [1.29, 1.82) is 0 Å². The van der Waals surface area contributed by atoms with Crippen molar-refractivity contribution in [1.82, 2.24) is 19.7 Å². The van der Waals surface area contributed by atoms with Crippen molar-refractivity contribution >= 4 is 23.4 Å². The average molecular weight is 409 g/mol. The van der Waals surface area contributed by atoms with Crippen molar-refractivity contribution < 1.29 is 0 Å². The molecule has 1 saturated heterocycles. The first-order valence-corrected chi connectivity index (χ1v) is 11.2. The van der Waals surface area contributed by atoms with Gasteiger partial charge in [0.05, 0.1) is 11.4 Å². The summed E-state index contributed by atoms with van der Waals surface area (Å²) in [7, 11) is 2.09. The molecule has 1 aliphatic rings. The Labute approximate surface area is 177 Å². The van der Waals surface area contributed by atoms with Crippen LogP contribution in [0.15, 0.2) is 36.7 Å². The zero-order valence-electron chi connectivity index (χ0n) is 17.6. The lowest BCUT2D eigenvalue weighted by atomic mass is 10.1. The van der Waals surface area contributed by atoms with Crippen molar-refractivity contribution in [2.75, 3.05) is 41.4 Å². The molecule has 1 aromatic carbocycles. The molecular formula is C22H28N6S. The predicted molar refractivity (Wildman–Crippen MR) is 121 cm³/mol. The quantitative estimate of drug-likeness (QED) is 0.640. The first-order valence-electron chi connectivity index (χ1n) is 10.0. The van der Waals surface area contributed by atoms with Gasteiger partial charge in [0.2, 0.25) is 0 Å². The Morgan fingerprint density at radius 1 is 1.07 bits per heavy atom. The zero-order chi connectivity index (χ0) is 20.4. The Balaban J connectivity index is 1.58. The molecule has 1 aliphatic heterocycles. The standard InChI is InChI=1S/C22H28N6S/c1-16-7-5-6-8-20(16)28-18(3)19(17(2)25-28)14-26(4)21-13-22(24-15-23-21)27-9-11-29-12-10-27/h5-8,13,15H,9-12,14H2,1-4H3. The fourth-order valence-corrected chi connectivity index (χ4v) is 4.67. The Hall–Kier alpha value is -2.54. The Morgan fingerprint density at radius 2 is 1.83 bits per heavy atom. The summed E-state index contributed by atoms with van der Waals surface area (Å²) in [6, 6.07) is 10.5. The van der Waals surface area contributed by atoms with Crippen LogP contribution in [0.5, 0.6) is 0 Å². The highest BCUT2D eigenvalue weighted by atomic mass is 32.2. The normalized spacial score (nSPS) is 14.3. The maximum atomic E-state index is 4.83. The summed E-state index contributed by atoms with van der Waals surface area (Å²) in [5.41, 5.74) is 5.82.